The molecule has 1 fully saturated rings. The number of hydrazone groups is 1. The lowest BCUT2D eigenvalue weighted by Gasteiger charge is -2.52. The van der Waals surface area contributed by atoms with Crippen LogP contribution in [-0.2, 0) is 4.74 Å². The minimum Gasteiger partial charge on any atom is -0.493 e. The van der Waals surface area contributed by atoms with Crippen LogP contribution in [0.5, 0.6) is 5.75 Å². The quantitative estimate of drug-likeness (QED) is 0.765. The first-order valence-electron chi connectivity index (χ1n) is 9.35. The summed E-state index contributed by atoms with van der Waals surface area (Å²) in [4.78, 5) is 0. The Morgan fingerprint density at radius 2 is 1.73 bits per heavy atom. The summed E-state index contributed by atoms with van der Waals surface area (Å²) >= 11 is 0. The Kier molecular flexibility index (Phi) is 3.41. The lowest BCUT2D eigenvalue weighted by molar-refractivity contribution is -0.172. The summed E-state index contributed by atoms with van der Waals surface area (Å²) in [7, 11) is 0. The molecular weight excluding hydrogens is 324 g/mol. The Balaban J connectivity index is 1.62. The SMILES string of the molecule is CC1=NN(c2ccccc2)C2OC(C)(C)C3COc4ccccc4C3C12. The van der Waals surface area contributed by atoms with E-state index in [0.29, 0.717) is 18.4 Å². The van der Waals surface area contributed by atoms with E-state index in [0.717, 1.165) is 17.1 Å². The summed E-state index contributed by atoms with van der Waals surface area (Å²) in [5, 5.41) is 6.98. The van der Waals surface area contributed by atoms with Gasteiger partial charge in [0.25, 0.3) is 0 Å². The molecule has 4 atom stereocenters. The van der Waals surface area contributed by atoms with E-state index in [1.165, 1.54) is 5.56 Å². The lowest BCUT2D eigenvalue weighted by atomic mass is 9.65. The van der Waals surface area contributed by atoms with Gasteiger partial charge >= 0.3 is 0 Å². The fourth-order valence-corrected chi connectivity index (χ4v) is 4.86. The second-order valence-corrected chi connectivity index (χ2v) is 8.04. The molecule has 0 N–H and O–H groups in total. The van der Waals surface area contributed by atoms with Gasteiger partial charge in [-0.25, -0.2) is 5.01 Å². The molecule has 0 radical (unpaired) electrons. The summed E-state index contributed by atoms with van der Waals surface area (Å²) in [6.07, 6.45) is -0.0835. The predicted octanol–water partition coefficient (Wildman–Crippen LogP) is 4.43. The smallest absolute Gasteiger partial charge is 0.160 e. The molecule has 0 amide bonds. The molecule has 2 aromatic rings. The van der Waals surface area contributed by atoms with E-state index in [4.69, 9.17) is 14.6 Å². The maximum absolute atomic E-state index is 6.65. The molecule has 26 heavy (non-hydrogen) atoms. The Bertz CT molecular complexity index is 861. The highest BCUT2D eigenvalue weighted by molar-refractivity contribution is 5.90. The highest BCUT2D eigenvalue weighted by Crippen LogP contribution is 2.54. The highest BCUT2D eigenvalue weighted by Gasteiger charge is 2.57. The van der Waals surface area contributed by atoms with E-state index in [9.17, 15) is 0 Å². The standard InChI is InChI=1S/C22H24N2O2/c1-14-19-20-16-11-7-8-12-18(16)25-13-17(20)22(2,3)26-21(19)24(23-14)15-9-5-4-6-10-15/h4-12,17,19-21H,13H2,1-3H3. The van der Waals surface area contributed by atoms with Crippen molar-refractivity contribution in [2.24, 2.45) is 16.9 Å². The van der Waals surface area contributed by atoms with E-state index < -0.39 is 0 Å². The maximum Gasteiger partial charge on any atom is 0.160 e. The van der Waals surface area contributed by atoms with E-state index in [1.54, 1.807) is 0 Å². The van der Waals surface area contributed by atoms with Crippen LogP contribution in [-0.4, -0.2) is 24.1 Å². The van der Waals surface area contributed by atoms with E-state index in [1.807, 2.05) is 24.3 Å². The van der Waals surface area contributed by atoms with Crippen molar-refractivity contribution in [1.29, 1.82) is 0 Å². The number of anilines is 1. The van der Waals surface area contributed by atoms with Crippen molar-refractivity contribution < 1.29 is 9.47 Å². The zero-order valence-corrected chi connectivity index (χ0v) is 15.4. The molecule has 4 heteroatoms. The molecule has 0 aromatic heterocycles. The molecular formula is C22H24N2O2. The molecule has 1 saturated heterocycles. The van der Waals surface area contributed by atoms with Crippen molar-refractivity contribution in [2.45, 2.75) is 38.5 Å². The lowest BCUT2D eigenvalue weighted by Crippen LogP contribution is -2.58. The van der Waals surface area contributed by atoms with Gasteiger partial charge in [-0.2, -0.15) is 5.10 Å². The molecule has 3 heterocycles. The van der Waals surface area contributed by atoms with E-state index >= 15 is 0 Å². The van der Waals surface area contributed by atoms with Gasteiger partial charge in [0.2, 0.25) is 0 Å². The van der Waals surface area contributed by atoms with Crippen LogP contribution in [0.2, 0.25) is 0 Å². The minimum atomic E-state index is -0.285. The van der Waals surface area contributed by atoms with Gasteiger partial charge in [-0.3, -0.25) is 0 Å². The summed E-state index contributed by atoms with van der Waals surface area (Å²) < 4.78 is 12.7. The summed E-state index contributed by atoms with van der Waals surface area (Å²) in [5.41, 5.74) is 3.22. The normalized spacial score (nSPS) is 31.3. The van der Waals surface area contributed by atoms with Gasteiger partial charge in [-0.05, 0) is 44.5 Å². The third kappa shape index (κ3) is 2.21. The number of fused-ring (bicyclic) bond motifs is 5. The molecule has 5 rings (SSSR count). The average molecular weight is 348 g/mol. The molecule has 3 aliphatic rings. The number of nitrogens with zero attached hydrogens (tertiary/aromatic N) is 2. The fourth-order valence-electron chi connectivity index (χ4n) is 4.86. The molecule has 0 bridgehead atoms. The van der Waals surface area contributed by atoms with Crippen LogP contribution < -0.4 is 9.75 Å². The van der Waals surface area contributed by atoms with Gasteiger partial charge in [0.15, 0.2) is 6.23 Å². The van der Waals surface area contributed by atoms with Crippen LogP contribution in [0.4, 0.5) is 5.69 Å². The first kappa shape index (κ1) is 15.9. The van der Waals surface area contributed by atoms with Crippen LogP contribution >= 0.6 is 0 Å². The average Bonchev–Trinajstić information content (AvgIpc) is 2.97. The Morgan fingerprint density at radius 3 is 2.54 bits per heavy atom. The third-order valence-corrected chi connectivity index (χ3v) is 6.15. The van der Waals surface area contributed by atoms with Crippen molar-refractivity contribution in [3.8, 4) is 5.75 Å². The Morgan fingerprint density at radius 1 is 1.00 bits per heavy atom. The van der Waals surface area contributed by atoms with Gasteiger partial charge in [0.05, 0.1) is 23.8 Å². The Hall–Kier alpha value is -2.33. The van der Waals surface area contributed by atoms with Gasteiger partial charge in [0.1, 0.15) is 5.75 Å². The van der Waals surface area contributed by atoms with Crippen LogP contribution in [0, 0.1) is 11.8 Å². The van der Waals surface area contributed by atoms with E-state index in [2.05, 4.69) is 56.1 Å². The van der Waals surface area contributed by atoms with Crippen LogP contribution in [0.1, 0.15) is 32.3 Å². The van der Waals surface area contributed by atoms with Gasteiger partial charge < -0.3 is 9.47 Å². The Labute approximate surface area is 154 Å². The zero-order valence-electron chi connectivity index (χ0n) is 15.4. The van der Waals surface area contributed by atoms with Gasteiger partial charge in [0, 0.05) is 17.5 Å². The molecule has 3 aliphatic heterocycles. The number of ether oxygens (including phenoxy) is 2. The molecule has 0 spiro atoms. The molecule has 2 aromatic carbocycles. The van der Waals surface area contributed by atoms with Crippen molar-refractivity contribution in [1.82, 2.24) is 0 Å². The molecule has 0 saturated carbocycles. The van der Waals surface area contributed by atoms with Crippen LogP contribution in [0.25, 0.3) is 0 Å². The van der Waals surface area contributed by atoms with Crippen molar-refractivity contribution >= 4 is 11.4 Å². The van der Waals surface area contributed by atoms with Crippen molar-refractivity contribution in [3.05, 3.63) is 60.2 Å². The first-order valence-corrected chi connectivity index (χ1v) is 9.35. The topological polar surface area (TPSA) is 34.1 Å². The van der Waals surface area contributed by atoms with Crippen molar-refractivity contribution in [3.63, 3.8) is 0 Å². The predicted molar refractivity (Wildman–Crippen MR) is 103 cm³/mol. The van der Waals surface area contributed by atoms with Gasteiger partial charge in [-0.1, -0.05) is 36.4 Å². The van der Waals surface area contributed by atoms with E-state index in [-0.39, 0.29) is 17.7 Å². The number of para-hydroxylation sites is 2. The van der Waals surface area contributed by atoms with Crippen LogP contribution in [0.3, 0.4) is 0 Å². The highest BCUT2D eigenvalue weighted by atomic mass is 16.5. The number of hydrogen-bond acceptors (Lipinski definition) is 4. The molecule has 134 valence electrons. The monoisotopic (exact) mass is 348 g/mol. The second-order valence-electron chi connectivity index (χ2n) is 8.04. The van der Waals surface area contributed by atoms with Gasteiger partial charge in [-0.15, -0.1) is 0 Å². The zero-order chi connectivity index (χ0) is 17.9. The first-order chi connectivity index (χ1) is 12.6. The molecule has 4 nitrogen and oxygen atoms in total. The number of benzene rings is 2. The second kappa shape index (κ2) is 5.58. The fraction of sp³-hybridized carbons (Fsp3) is 0.409. The number of hydrogen-bond donors (Lipinski definition) is 0. The summed E-state index contributed by atoms with van der Waals surface area (Å²) in [6, 6.07) is 18.8. The maximum atomic E-state index is 6.65. The number of rotatable bonds is 1. The third-order valence-electron chi connectivity index (χ3n) is 6.15. The summed E-state index contributed by atoms with van der Waals surface area (Å²) in [5.74, 6) is 1.90. The van der Waals surface area contributed by atoms with Crippen LogP contribution in [0.15, 0.2) is 59.7 Å². The van der Waals surface area contributed by atoms with Crippen molar-refractivity contribution in [2.75, 3.05) is 11.6 Å². The summed E-state index contributed by atoms with van der Waals surface area (Å²) in [6.45, 7) is 7.21. The minimum absolute atomic E-state index is 0.0835. The molecule has 0 aliphatic carbocycles. The molecule has 4 unspecified atom stereocenters. The largest absolute Gasteiger partial charge is 0.493 e.